The van der Waals surface area contributed by atoms with Gasteiger partial charge in [-0.25, -0.2) is 0 Å². The van der Waals surface area contributed by atoms with Crippen molar-refractivity contribution in [3.8, 4) is 57.5 Å². The fourth-order valence-corrected chi connectivity index (χ4v) is 12.4. The molecule has 0 radical (unpaired) electrons. The van der Waals surface area contributed by atoms with Crippen molar-refractivity contribution in [1.29, 1.82) is 0 Å². The van der Waals surface area contributed by atoms with Crippen molar-refractivity contribution in [2.24, 2.45) is 0 Å². The topological polar surface area (TPSA) is 133 Å². The number of ether oxygens (including phenoxy) is 10. The molecule has 0 spiro atoms. The van der Waals surface area contributed by atoms with Crippen LogP contribution < -0.4 is 47.4 Å². The van der Waals surface area contributed by atoms with Gasteiger partial charge in [0.2, 0.25) is 0 Å². The standard InChI is InChI=1S/C86H74O12/c87-71-49-70-74(92-54-62-31-15-4-16-32-62)50-78(96-58-66-39-23-8-24-40-66)81(86(70)98-84(71)67-41-43-72(90-52-60-27-11-2-12-28-60)75(45-67)93-55-63-33-17-5-18-34-63)82-80-77(95-57-65-37-21-7-22-38-65)47-69(89-51-59-25-9-1-10-26-59)48-79(80)97-85(83(82)88)68-42-44-73(91-53-61-29-13-3-14-30-61)76(46-68)94-56-64-35-19-6-20-36-64/h1-48,50,71,82-85,87-88H,49,51-58H2/t71-,82+,83-,84+,85+/m0/s1. The highest BCUT2D eigenvalue weighted by Gasteiger charge is 2.47. The van der Waals surface area contributed by atoms with E-state index in [-0.39, 0.29) is 52.7 Å². The molecule has 2 N–H and O–H groups in total. The maximum Gasteiger partial charge on any atom is 0.162 e. The van der Waals surface area contributed by atoms with Gasteiger partial charge >= 0.3 is 0 Å². The molecule has 5 atom stereocenters. The third-order valence-electron chi connectivity index (χ3n) is 17.5. The Morgan fingerprint density at radius 1 is 0.286 bits per heavy atom. The molecule has 98 heavy (non-hydrogen) atoms. The molecule has 2 aliphatic heterocycles. The van der Waals surface area contributed by atoms with E-state index in [4.69, 9.17) is 47.4 Å². The van der Waals surface area contributed by atoms with Crippen molar-refractivity contribution < 1.29 is 57.6 Å². The number of hydrogen-bond donors (Lipinski definition) is 2. The van der Waals surface area contributed by atoms with Gasteiger partial charge in [0.25, 0.3) is 0 Å². The molecular formula is C86H74O12. The molecule has 0 saturated carbocycles. The Kier molecular flexibility index (Phi) is 20.2. The molecule has 12 aromatic carbocycles. The maximum absolute atomic E-state index is 14.1. The number of fused-ring (bicyclic) bond motifs is 2. The Hall–Kier alpha value is -11.4. The summed E-state index contributed by atoms with van der Waals surface area (Å²) in [4.78, 5) is 0. The second-order valence-electron chi connectivity index (χ2n) is 24.4. The summed E-state index contributed by atoms with van der Waals surface area (Å²) in [5.74, 6) is 3.21. The molecule has 0 aromatic heterocycles. The molecular weight excluding hydrogens is 1220 g/mol. The van der Waals surface area contributed by atoms with Crippen molar-refractivity contribution in [2.45, 2.75) is 89.6 Å². The van der Waals surface area contributed by atoms with Crippen molar-refractivity contribution >= 4 is 0 Å². The van der Waals surface area contributed by atoms with Gasteiger partial charge in [-0.15, -0.1) is 0 Å². The summed E-state index contributed by atoms with van der Waals surface area (Å²) in [5.41, 5.74) is 10.3. The molecule has 14 rings (SSSR count). The van der Waals surface area contributed by atoms with E-state index >= 15 is 0 Å². The lowest BCUT2D eigenvalue weighted by atomic mass is 9.77. The first-order valence-electron chi connectivity index (χ1n) is 33.1. The first-order chi connectivity index (χ1) is 48.4. The predicted molar refractivity (Wildman–Crippen MR) is 376 cm³/mol. The van der Waals surface area contributed by atoms with Crippen LogP contribution in [0.25, 0.3) is 0 Å². The van der Waals surface area contributed by atoms with Gasteiger partial charge in [-0.1, -0.05) is 255 Å². The SMILES string of the molecule is O[C@H]1[C@@H](c2c(OCc3ccccc3)cc(OCc3ccccc3)c3c2O[C@H](c2ccc(OCc4ccccc4)c(OCc4ccccc4)c2)[C@@H](O)C3)c2c(OCc3ccccc3)cc(OCc3ccccc3)cc2O[C@@H]1c1ccc(OCc2ccccc2)c(OCc2ccccc2)c1. The fraction of sp³-hybridized carbons (Fsp3) is 0.163. The third-order valence-corrected chi connectivity index (χ3v) is 17.5. The van der Waals surface area contributed by atoms with Crippen molar-refractivity contribution in [1.82, 2.24) is 0 Å². The Labute approximate surface area is 571 Å². The highest BCUT2D eigenvalue weighted by atomic mass is 16.5. The average Bonchev–Trinajstić information content (AvgIpc) is 0.724. The first-order valence-corrected chi connectivity index (χ1v) is 33.1. The summed E-state index contributed by atoms with van der Waals surface area (Å²) in [6, 6.07) is 96.4. The first kappa shape index (κ1) is 63.9. The van der Waals surface area contributed by atoms with Gasteiger partial charge in [0.05, 0.1) is 12.0 Å². The zero-order chi connectivity index (χ0) is 66.2. The summed E-state index contributed by atoms with van der Waals surface area (Å²) in [6.45, 7) is 1.75. The van der Waals surface area contributed by atoms with Gasteiger partial charge in [-0.3, -0.25) is 0 Å². The number of aliphatic hydroxyl groups excluding tert-OH is 2. The number of rotatable bonds is 27. The summed E-state index contributed by atoms with van der Waals surface area (Å²) >= 11 is 0. The van der Waals surface area contributed by atoms with Crippen LogP contribution in [0.3, 0.4) is 0 Å². The lowest BCUT2D eigenvalue weighted by Gasteiger charge is -2.41. The fourth-order valence-electron chi connectivity index (χ4n) is 12.4. The summed E-state index contributed by atoms with van der Waals surface area (Å²) in [5, 5.41) is 27.0. The number of aliphatic hydroxyl groups is 2. The molecule has 12 nitrogen and oxygen atoms in total. The van der Waals surface area contributed by atoms with Crippen molar-refractivity contribution in [2.75, 3.05) is 0 Å². The van der Waals surface area contributed by atoms with Crippen molar-refractivity contribution in [3.05, 3.63) is 370 Å². The molecule has 2 aliphatic rings. The largest absolute Gasteiger partial charge is 0.489 e. The van der Waals surface area contributed by atoms with Crippen LogP contribution in [0.1, 0.15) is 90.5 Å². The predicted octanol–water partition coefficient (Wildman–Crippen LogP) is 18.0. The van der Waals surface area contributed by atoms with E-state index in [0.717, 1.165) is 44.5 Å². The van der Waals surface area contributed by atoms with Crippen LogP contribution >= 0.6 is 0 Å². The van der Waals surface area contributed by atoms with E-state index < -0.39 is 30.3 Å². The molecule has 0 unspecified atom stereocenters. The molecule has 0 fully saturated rings. The summed E-state index contributed by atoms with van der Waals surface area (Å²) < 4.78 is 69.4. The van der Waals surface area contributed by atoms with Crippen LogP contribution in [-0.4, -0.2) is 22.4 Å². The Bertz CT molecular complexity index is 4530. The number of hydrogen-bond acceptors (Lipinski definition) is 12. The highest BCUT2D eigenvalue weighted by molar-refractivity contribution is 5.67. The minimum Gasteiger partial charge on any atom is -0.489 e. The van der Waals surface area contributed by atoms with Gasteiger partial charge in [-0.2, -0.15) is 0 Å². The van der Waals surface area contributed by atoms with Crippen LogP contribution in [-0.2, 0) is 59.3 Å². The van der Waals surface area contributed by atoms with Crippen molar-refractivity contribution in [3.63, 3.8) is 0 Å². The average molecular weight is 1300 g/mol. The Morgan fingerprint density at radius 2 is 0.612 bits per heavy atom. The van der Waals surface area contributed by atoms with E-state index in [1.54, 1.807) is 0 Å². The minimum absolute atomic E-state index is 0.0638. The van der Waals surface area contributed by atoms with Crippen LogP contribution in [0, 0.1) is 0 Å². The molecule has 0 saturated heterocycles. The second kappa shape index (κ2) is 31.0. The molecule has 2 heterocycles. The van der Waals surface area contributed by atoms with E-state index in [1.807, 2.05) is 297 Å². The van der Waals surface area contributed by atoms with E-state index in [1.165, 1.54) is 0 Å². The van der Waals surface area contributed by atoms with Gasteiger partial charge in [0.1, 0.15) is 99.6 Å². The van der Waals surface area contributed by atoms with Crippen LogP contribution in [0.2, 0.25) is 0 Å². The lowest BCUT2D eigenvalue weighted by Crippen LogP contribution is -2.37. The smallest absolute Gasteiger partial charge is 0.162 e. The van der Waals surface area contributed by atoms with Gasteiger partial charge in [0.15, 0.2) is 29.1 Å². The molecule has 0 bridgehead atoms. The zero-order valence-corrected chi connectivity index (χ0v) is 54.0. The molecule has 0 amide bonds. The van der Waals surface area contributed by atoms with Gasteiger partial charge < -0.3 is 57.6 Å². The Balaban J connectivity index is 0.954. The summed E-state index contributed by atoms with van der Waals surface area (Å²) in [6.07, 6.45) is -4.62. The maximum atomic E-state index is 14.1. The highest BCUT2D eigenvalue weighted by Crippen LogP contribution is 2.58. The molecule has 490 valence electrons. The van der Waals surface area contributed by atoms with E-state index in [0.29, 0.717) is 91.9 Å². The van der Waals surface area contributed by atoms with E-state index in [9.17, 15) is 10.2 Å². The quantitative estimate of drug-likeness (QED) is 0.0508. The number of benzene rings is 12. The second-order valence-corrected chi connectivity index (χ2v) is 24.4. The van der Waals surface area contributed by atoms with Gasteiger partial charge in [-0.05, 0) is 79.9 Å². The Morgan fingerprint density at radius 3 is 1.00 bits per heavy atom. The molecule has 12 aromatic rings. The molecule has 0 aliphatic carbocycles. The molecule has 12 heteroatoms. The van der Waals surface area contributed by atoms with Gasteiger partial charge in [0, 0.05) is 41.3 Å². The third kappa shape index (κ3) is 15.6. The normalized spacial score (nSPS) is 16.0. The van der Waals surface area contributed by atoms with Crippen LogP contribution in [0.4, 0.5) is 0 Å². The lowest BCUT2D eigenvalue weighted by molar-refractivity contribution is 0.000521. The monoisotopic (exact) mass is 1300 g/mol. The van der Waals surface area contributed by atoms with Crippen LogP contribution in [0.15, 0.2) is 297 Å². The summed E-state index contributed by atoms with van der Waals surface area (Å²) in [7, 11) is 0. The van der Waals surface area contributed by atoms with E-state index in [2.05, 4.69) is 0 Å². The van der Waals surface area contributed by atoms with Crippen LogP contribution in [0.5, 0.6) is 57.5 Å². The minimum atomic E-state index is -1.43. The zero-order valence-electron chi connectivity index (χ0n) is 54.0.